The second-order valence-electron chi connectivity index (χ2n) is 8.23. The summed E-state index contributed by atoms with van der Waals surface area (Å²) in [6, 6.07) is 14.0. The van der Waals surface area contributed by atoms with E-state index in [1.54, 1.807) is 31.1 Å². The van der Waals surface area contributed by atoms with E-state index in [1.807, 2.05) is 24.3 Å². The zero-order valence-corrected chi connectivity index (χ0v) is 20.4. The standard InChI is InChI=1S/C24H31N3O6S/c1-19(24(28)26-15-17-32-18-16-26)33-20-7-9-21(10-8-20)34(29,30)27-13-11-25(12-14-27)22-5-3-4-6-23(22)31-2/h3-10,19H,11-18H2,1-2H3/t19-/m0/s1. The van der Waals surface area contributed by atoms with Crippen molar-refractivity contribution in [2.24, 2.45) is 0 Å². The Morgan fingerprint density at radius 1 is 0.941 bits per heavy atom. The molecular formula is C24H31N3O6S. The van der Waals surface area contributed by atoms with Crippen molar-refractivity contribution < 1.29 is 27.4 Å². The van der Waals surface area contributed by atoms with Crippen LogP contribution in [0.25, 0.3) is 0 Å². The molecule has 0 unspecified atom stereocenters. The minimum atomic E-state index is -3.63. The Morgan fingerprint density at radius 3 is 2.24 bits per heavy atom. The number of amides is 1. The Balaban J connectivity index is 1.36. The van der Waals surface area contributed by atoms with Crippen molar-refractivity contribution in [3.8, 4) is 11.5 Å². The van der Waals surface area contributed by atoms with E-state index >= 15 is 0 Å². The van der Waals surface area contributed by atoms with E-state index in [0.29, 0.717) is 58.2 Å². The van der Waals surface area contributed by atoms with Crippen LogP contribution in [0, 0.1) is 0 Å². The number of para-hydroxylation sites is 2. The molecule has 2 saturated heterocycles. The average Bonchev–Trinajstić information content (AvgIpc) is 2.89. The topological polar surface area (TPSA) is 88.6 Å². The van der Waals surface area contributed by atoms with Gasteiger partial charge in [-0.25, -0.2) is 8.42 Å². The lowest BCUT2D eigenvalue weighted by Gasteiger charge is -2.35. The minimum Gasteiger partial charge on any atom is -0.495 e. The van der Waals surface area contributed by atoms with Gasteiger partial charge in [-0.2, -0.15) is 4.31 Å². The quantitative estimate of drug-likeness (QED) is 0.586. The van der Waals surface area contributed by atoms with Gasteiger partial charge in [0.05, 0.1) is 30.9 Å². The molecule has 1 amide bonds. The summed E-state index contributed by atoms with van der Waals surface area (Å²) in [5.74, 6) is 1.12. The highest BCUT2D eigenvalue weighted by molar-refractivity contribution is 7.89. The van der Waals surface area contributed by atoms with Crippen molar-refractivity contribution >= 4 is 21.6 Å². The molecule has 4 rings (SSSR count). The Labute approximate surface area is 200 Å². The predicted octanol–water partition coefficient (Wildman–Crippen LogP) is 1.83. The first-order chi connectivity index (χ1) is 16.4. The highest BCUT2D eigenvalue weighted by Crippen LogP contribution is 2.29. The van der Waals surface area contributed by atoms with E-state index in [0.717, 1.165) is 11.4 Å². The number of sulfonamides is 1. The zero-order chi connectivity index (χ0) is 24.1. The molecule has 34 heavy (non-hydrogen) atoms. The molecule has 9 nitrogen and oxygen atoms in total. The number of piperazine rings is 1. The third-order valence-corrected chi connectivity index (χ3v) is 8.02. The number of morpholine rings is 1. The molecule has 10 heteroatoms. The largest absolute Gasteiger partial charge is 0.495 e. The lowest BCUT2D eigenvalue weighted by atomic mass is 10.2. The van der Waals surface area contributed by atoms with Gasteiger partial charge >= 0.3 is 0 Å². The molecule has 2 aliphatic rings. The van der Waals surface area contributed by atoms with Gasteiger partial charge in [-0.3, -0.25) is 4.79 Å². The van der Waals surface area contributed by atoms with Crippen LogP contribution >= 0.6 is 0 Å². The highest BCUT2D eigenvalue weighted by atomic mass is 32.2. The molecule has 0 radical (unpaired) electrons. The van der Waals surface area contributed by atoms with Gasteiger partial charge in [-0.15, -0.1) is 0 Å². The van der Waals surface area contributed by atoms with Gasteiger partial charge in [0, 0.05) is 39.3 Å². The summed E-state index contributed by atoms with van der Waals surface area (Å²) in [6.45, 7) is 5.75. The molecule has 2 aromatic carbocycles. The van der Waals surface area contributed by atoms with Gasteiger partial charge in [0.25, 0.3) is 5.91 Å². The fraction of sp³-hybridized carbons (Fsp3) is 0.458. The van der Waals surface area contributed by atoms with E-state index in [9.17, 15) is 13.2 Å². The molecule has 0 bridgehead atoms. The summed E-state index contributed by atoms with van der Waals surface area (Å²) in [4.78, 5) is 16.6. The maximum Gasteiger partial charge on any atom is 0.263 e. The average molecular weight is 490 g/mol. The zero-order valence-electron chi connectivity index (χ0n) is 19.6. The monoisotopic (exact) mass is 489 g/mol. The number of carbonyl (C=O) groups excluding carboxylic acids is 1. The molecule has 2 aliphatic heterocycles. The van der Waals surface area contributed by atoms with Crippen molar-refractivity contribution in [3.63, 3.8) is 0 Å². The van der Waals surface area contributed by atoms with E-state index in [1.165, 1.54) is 16.4 Å². The number of methoxy groups -OCH3 is 1. The van der Waals surface area contributed by atoms with E-state index in [-0.39, 0.29) is 10.8 Å². The molecule has 184 valence electrons. The van der Waals surface area contributed by atoms with Crippen LogP contribution < -0.4 is 14.4 Å². The number of nitrogens with zero attached hydrogens (tertiary/aromatic N) is 3. The smallest absolute Gasteiger partial charge is 0.263 e. The minimum absolute atomic E-state index is 0.104. The van der Waals surface area contributed by atoms with Crippen LogP contribution in [0.15, 0.2) is 53.4 Å². The molecule has 0 saturated carbocycles. The number of ether oxygens (including phenoxy) is 3. The Bertz CT molecular complexity index is 1080. The Kier molecular flexibility index (Phi) is 7.60. The Morgan fingerprint density at radius 2 is 1.59 bits per heavy atom. The molecule has 0 spiro atoms. The normalized spacial score (nSPS) is 18.4. The first-order valence-corrected chi connectivity index (χ1v) is 12.9. The first kappa shape index (κ1) is 24.3. The third kappa shape index (κ3) is 5.29. The van der Waals surface area contributed by atoms with Crippen LogP contribution in [0.4, 0.5) is 5.69 Å². The predicted molar refractivity (Wildman–Crippen MR) is 128 cm³/mol. The third-order valence-electron chi connectivity index (χ3n) is 6.11. The summed E-state index contributed by atoms with van der Waals surface area (Å²) in [6.07, 6.45) is -0.663. The summed E-state index contributed by atoms with van der Waals surface area (Å²) < 4.78 is 44.3. The number of hydrogen-bond donors (Lipinski definition) is 0. The summed E-state index contributed by atoms with van der Waals surface area (Å²) in [5.41, 5.74) is 0.962. The van der Waals surface area contributed by atoms with Crippen molar-refractivity contribution in [2.45, 2.75) is 17.9 Å². The molecular weight excluding hydrogens is 458 g/mol. The molecule has 1 atom stereocenters. The number of anilines is 1. The molecule has 2 aromatic rings. The maximum absolute atomic E-state index is 13.2. The lowest BCUT2D eigenvalue weighted by Crippen LogP contribution is -2.48. The molecule has 0 aliphatic carbocycles. The van der Waals surface area contributed by atoms with Gasteiger partial charge in [0.1, 0.15) is 11.5 Å². The van der Waals surface area contributed by atoms with Gasteiger partial charge in [0.15, 0.2) is 6.10 Å². The van der Waals surface area contributed by atoms with Crippen molar-refractivity contribution in [2.75, 3.05) is 64.5 Å². The lowest BCUT2D eigenvalue weighted by molar-refractivity contribution is -0.142. The van der Waals surface area contributed by atoms with Crippen LogP contribution in [0.2, 0.25) is 0 Å². The molecule has 0 aromatic heterocycles. The van der Waals surface area contributed by atoms with Gasteiger partial charge in [-0.05, 0) is 43.3 Å². The molecule has 0 N–H and O–H groups in total. The van der Waals surface area contributed by atoms with Gasteiger partial charge in [0.2, 0.25) is 10.0 Å². The number of benzene rings is 2. The van der Waals surface area contributed by atoms with Crippen LogP contribution in [0.3, 0.4) is 0 Å². The van der Waals surface area contributed by atoms with Crippen LogP contribution in [-0.2, 0) is 19.6 Å². The fourth-order valence-corrected chi connectivity index (χ4v) is 5.62. The summed E-state index contributed by atoms with van der Waals surface area (Å²) in [7, 11) is -2.00. The number of rotatable bonds is 7. The molecule has 2 heterocycles. The molecule has 2 fully saturated rings. The first-order valence-electron chi connectivity index (χ1n) is 11.4. The van der Waals surface area contributed by atoms with Crippen molar-refractivity contribution in [1.82, 2.24) is 9.21 Å². The van der Waals surface area contributed by atoms with Gasteiger partial charge < -0.3 is 24.0 Å². The Hall–Kier alpha value is -2.82. The SMILES string of the molecule is COc1ccccc1N1CCN(S(=O)(=O)c2ccc(O[C@@H](C)C(=O)N3CCOCC3)cc2)CC1. The van der Waals surface area contributed by atoms with Crippen LogP contribution in [0.1, 0.15) is 6.92 Å². The van der Waals surface area contributed by atoms with Crippen LogP contribution in [-0.4, -0.2) is 89.2 Å². The van der Waals surface area contributed by atoms with E-state index in [2.05, 4.69) is 4.90 Å². The second kappa shape index (κ2) is 10.6. The number of hydrogen-bond acceptors (Lipinski definition) is 7. The summed E-state index contributed by atoms with van der Waals surface area (Å²) >= 11 is 0. The van der Waals surface area contributed by atoms with Crippen molar-refractivity contribution in [1.29, 1.82) is 0 Å². The number of carbonyl (C=O) groups is 1. The highest BCUT2D eigenvalue weighted by Gasteiger charge is 2.30. The van der Waals surface area contributed by atoms with Crippen LogP contribution in [0.5, 0.6) is 11.5 Å². The van der Waals surface area contributed by atoms with Crippen molar-refractivity contribution in [3.05, 3.63) is 48.5 Å². The maximum atomic E-state index is 13.2. The van der Waals surface area contributed by atoms with E-state index in [4.69, 9.17) is 14.2 Å². The second-order valence-corrected chi connectivity index (χ2v) is 10.2. The fourth-order valence-electron chi connectivity index (χ4n) is 4.20. The van der Waals surface area contributed by atoms with E-state index < -0.39 is 16.1 Å². The van der Waals surface area contributed by atoms with Gasteiger partial charge in [-0.1, -0.05) is 12.1 Å². The summed E-state index contributed by atoms with van der Waals surface area (Å²) in [5, 5.41) is 0.